The number of thioether (sulfide) groups is 1. The summed E-state index contributed by atoms with van der Waals surface area (Å²) in [5.74, 6) is 2.13. The summed E-state index contributed by atoms with van der Waals surface area (Å²) in [6.07, 6.45) is 1.72. The zero-order valence-corrected chi connectivity index (χ0v) is 15.5. The Morgan fingerprint density at radius 3 is 2.60 bits per heavy atom. The molecule has 5 nitrogen and oxygen atoms in total. The smallest absolute Gasteiger partial charge is 0.180 e. The van der Waals surface area contributed by atoms with Gasteiger partial charge in [-0.05, 0) is 43.2 Å². The first kappa shape index (κ1) is 18.9. The summed E-state index contributed by atoms with van der Waals surface area (Å²) in [6.45, 7) is 3.94. The molecule has 0 radical (unpaired) electrons. The van der Waals surface area contributed by atoms with Crippen molar-refractivity contribution in [3.63, 3.8) is 0 Å². The number of hydrogen-bond donors (Lipinski definition) is 1. The van der Waals surface area contributed by atoms with E-state index in [9.17, 15) is 0 Å². The van der Waals surface area contributed by atoms with E-state index in [4.69, 9.17) is 15.2 Å². The Hall–Kier alpha value is -2.47. The van der Waals surface area contributed by atoms with E-state index in [1.54, 1.807) is 13.3 Å². The average molecular weight is 357 g/mol. The molecule has 0 aliphatic rings. The highest BCUT2D eigenvalue weighted by Crippen LogP contribution is 2.28. The van der Waals surface area contributed by atoms with Crippen molar-refractivity contribution in [1.29, 1.82) is 0 Å². The molecule has 0 bridgehead atoms. The number of nitrogens with two attached hydrogens (primary N) is 1. The standard InChI is InChI=1S/C19H23N3O2S/c1-14(2)24-17-10-9-16(11-18(17)23-3)12-21-22-19(20)25-13-15-7-5-4-6-8-15/h4-12,14H,13H2,1-3H3,(H2,20,22). The van der Waals surface area contributed by atoms with Gasteiger partial charge in [-0.3, -0.25) is 0 Å². The van der Waals surface area contributed by atoms with Crippen LogP contribution in [0.15, 0.2) is 58.7 Å². The topological polar surface area (TPSA) is 69.2 Å². The second kappa shape index (κ2) is 9.74. The predicted molar refractivity (Wildman–Crippen MR) is 106 cm³/mol. The quantitative estimate of drug-likeness (QED) is 0.461. The van der Waals surface area contributed by atoms with Crippen molar-refractivity contribution < 1.29 is 9.47 Å². The molecule has 2 aromatic carbocycles. The summed E-state index contributed by atoms with van der Waals surface area (Å²) < 4.78 is 11.0. The number of ether oxygens (including phenoxy) is 2. The predicted octanol–water partition coefficient (Wildman–Crippen LogP) is 4.06. The van der Waals surface area contributed by atoms with Crippen molar-refractivity contribution >= 4 is 23.1 Å². The molecule has 0 unspecified atom stereocenters. The number of amidine groups is 1. The lowest BCUT2D eigenvalue weighted by molar-refractivity contribution is 0.230. The maximum atomic E-state index is 5.88. The van der Waals surface area contributed by atoms with Gasteiger partial charge in [0.1, 0.15) is 0 Å². The molecule has 132 valence electrons. The Labute approximate surface area is 152 Å². The summed E-state index contributed by atoms with van der Waals surface area (Å²) in [4.78, 5) is 0. The van der Waals surface area contributed by atoms with Crippen molar-refractivity contribution in [2.45, 2.75) is 25.7 Å². The third-order valence-corrected chi connectivity index (χ3v) is 4.00. The Balaban J connectivity index is 1.96. The number of benzene rings is 2. The molecule has 0 aliphatic carbocycles. The van der Waals surface area contributed by atoms with Gasteiger partial charge >= 0.3 is 0 Å². The monoisotopic (exact) mass is 357 g/mol. The van der Waals surface area contributed by atoms with E-state index in [-0.39, 0.29) is 6.10 Å². The fourth-order valence-electron chi connectivity index (χ4n) is 2.03. The lowest BCUT2D eigenvalue weighted by Gasteiger charge is -2.13. The molecule has 2 rings (SSSR count). The second-order valence-corrected chi connectivity index (χ2v) is 6.53. The first-order chi connectivity index (χ1) is 12.1. The van der Waals surface area contributed by atoms with Crippen LogP contribution in [-0.2, 0) is 5.75 Å². The van der Waals surface area contributed by atoms with Crippen molar-refractivity contribution in [2.75, 3.05) is 7.11 Å². The van der Waals surface area contributed by atoms with Crippen LogP contribution in [0.25, 0.3) is 0 Å². The van der Waals surface area contributed by atoms with Crippen LogP contribution >= 0.6 is 11.8 Å². The Morgan fingerprint density at radius 1 is 1.16 bits per heavy atom. The van der Waals surface area contributed by atoms with Crippen LogP contribution < -0.4 is 15.2 Å². The maximum absolute atomic E-state index is 5.88. The van der Waals surface area contributed by atoms with Crippen molar-refractivity contribution in [3.05, 3.63) is 59.7 Å². The van der Waals surface area contributed by atoms with Crippen molar-refractivity contribution in [2.24, 2.45) is 15.9 Å². The molecule has 0 saturated heterocycles. The minimum atomic E-state index is 0.0828. The van der Waals surface area contributed by atoms with Crippen LogP contribution in [-0.4, -0.2) is 24.6 Å². The molecule has 6 heteroatoms. The van der Waals surface area contributed by atoms with E-state index in [2.05, 4.69) is 22.3 Å². The molecule has 0 aromatic heterocycles. The lowest BCUT2D eigenvalue weighted by atomic mass is 10.2. The molecule has 0 aliphatic heterocycles. The SMILES string of the molecule is COc1cc(C=NN=C(N)SCc2ccccc2)ccc1OC(C)C. The summed E-state index contributed by atoms with van der Waals surface area (Å²) in [6, 6.07) is 15.7. The minimum Gasteiger partial charge on any atom is -0.493 e. The van der Waals surface area contributed by atoms with Gasteiger partial charge in [0.05, 0.1) is 19.4 Å². The molecular weight excluding hydrogens is 334 g/mol. The molecule has 0 fully saturated rings. The highest BCUT2D eigenvalue weighted by molar-refractivity contribution is 8.13. The normalized spacial score (nSPS) is 11.9. The zero-order chi connectivity index (χ0) is 18.1. The largest absolute Gasteiger partial charge is 0.493 e. The molecule has 0 atom stereocenters. The van der Waals surface area contributed by atoms with Crippen LogP contribution in [0.1, 0.15) is 25.0 Å². The molecule has 0 amide bonds. The van der Waals surface area contributed by atoms with Crippen molar-refractivity contribution in [1.82, 2.24) is 0 Å². The summed E-state index contributed by atoms with van der Waals surface area (Å²) >= 11 is 1.45. The van der Waals surface area contributed by atoms with Gasteiger partial charge in [0.15, 0.2) is 16.7 Å². The molecule has 0 heterocycles. The van der Waals surface area contributed by atoms with Gasteiger partial charge in [0.25, 0.3) is 0 Å². The van der Waals surface area contributed by atoms with Crippen molar-refractivity contribution in [3.8, 4) is 11.5 Å². The maximum Gasteiger partial charge on any atom is 0.180 e. The molecule has 2 N–H and O–H groups in total. The van der Waals surface area contributed by atoms with Gasteiger partial charge in [0.2, 0.25) is 0 Å². The van der Waals surface area contributed by atoms with Crippen LogP contribution in [0.3, 0.4) is 0 Å². The van der Waals surface area contributed by atoms with E-state index < -0.39 is 0 Å². The number of hydrogen-bond acceptors (Lipinski definition) is 5. The Kier molecular flexibility index (Phi) is 7.35. The van der Waals surface area contributed by atoms with Crippen LogP contribution in [0.4, 0.5) is 0 Å². The molecule has 25 heavy (non-hydrogen) atoms. The minimum absolute atomic E-state index is 0.0828. The molecule has 0 spiro atoms. The van der Waals surface area contributed by atoms with Crippen LogP contribution in [0.5, 0.6) is 11.5 Å². The van der Waals surface area contributed by atoms with E-state index in [0.29, 0.717) is 16.7 Å². The van der Waals surface area contributed by atoms with Crippen LogP contribution in [0, 0.1) is 0 Å². The zero-order valence-electron chi connectivity index (χ0n) is 14.7. The van der Waals surface area contributed by atoms with E-state index in [1.165, 1.54) is 17.3 Å². The Bertz CT molecular complexity index is 731. The lowest BCUT2D eigenvalue weighted by Crippen LogP contribution is -2.07. The van der Waals surface area contributed by atoms with E-state index >= 15 is 0 Å². The first-order valence-corrected chi connectivity index (χ1v) is 8.95. The second-order valence-electron chi connectivity index (χ2n) is 5.53. The number of methoxy groups -OCH3 is 1. The highest BCUT2D eigenvalue weighted by atomic mass is 32.2. The first-order valence-electron chi connectivity index (χ1n) is 7.96. The fraction of sp³-hybridized carbons (Fsp3) is 0.263. The fourth-order valence-corrected chi connectivity index (χ4v) is 2.64. The van der Waals surface area contributed by atoms with Gasteiger partial charge in [0, 0.05) is 5.75 Å². The summed E-state index contributed by atoms with van der Waals surface area (Å²) in [5.41, 5.74) is 7.93. The van der Waals surface area contributed by atoms with Gasteiger partial charge in [-0.2, -0.15) is 5.10 Å². The molecular formula is C19H23N3O2S. The van der Waals surface area contributed by atoms with Gasteiger partial charge in [-0.1, -0.05) is 42.1 Å². The summed E-state index contributed by atoms with van der Waals surface area (Å²) in [7, 11) is 1.61. The highest BCUT2D eigenvalue weighted by Gasteiger charge is 2.06. The third kappa shape index (κ3) is 6.51. The number of nitrogens with zero attached hydrogens (tertiary/aromatic N) is 2. The third-order valence-electron chi connectivity index (χ3n) is 3.14. The molecule has 2 aromatic rings. The average Bonchev–Trinajstić information content (AvgIpc) is 2.61. The van der Waals surface area contributed by atoms with E-state index in [1.807, 2.05) is 50.2 Å². The Morgan fingerprint density at radius 2 is 1.92 bits per heavy atom. The van der Waals surface area contributed by atoms with E-state index in [0.717, 1.165) is 11.3 Å². The van der Waals surface area contributed by atoms with Gasteiger partial charge in [-0.25, -0.2) is 0 Å². The van der Waals surface area contributed by atoms with Gasteiger partial charge in [-0.15, -0.1) is 5.10 Å². The molecule has 0 saturated carbocycles. The van der Waals surface area contributed by atoms with Gasteiger partial charge < -0.3 is 15.2 Å². The number of rotatable bonds is 7. The van der Waals surface area contributed by atoms with Crippen LogP contribution in [0.2, 0.25) is 0 Å². The summed E-state index contributed by atoms with van der Waals surface area (Å²) in [5, 5.41) is 8.48.